The van der Waals surface area contributed by atoms with Crippen LogP contribution in [0, 0.1) is 0 Å². The zero-order valence-electron chi connectivity index (χ0n) is 14.9. The Kier molecular flexibility index (Phi) is 5.96. The monoisotopic (exact) mass is 469 g/mol. The molecule has 4 rings (SSSR count). The molecule has 0 aliphatic carbocycles. The fourth-order valence-electron chi connectivity index (χ4n) is 3.49. The van der Waals surface area contributed by atoms with E-state index in [2.05, 4.69) is 47.8 Å². The average molecular weight is 471 g/mol. The molecule has 0 radical (unpaired) electrons. The van der Waals surface area contributed by atoms with Gasteiger partial charge in [-0.15, -0.1) is 11.3 Å². The van der Waals surface area contributed by atoms with Gasteiger partial charge in [0.1, 0.15) is 0 Å². The first-order valence-corrected chi connectivity index (χ1v) is 11.1. The standard InChI is InChI=1S/C18H21BrClN5OS/c19-15-4-3-13(27-15)12-23-7-9-24(10-8-23)17(26)16-14(20)11-21-18(22-16)25-5-1-2-6-25/h3-4,11H,1-2,5-10,12H2. The van der Waals surface area contributed by atoms with Crippen molar-refractivity contribution in [1.29, 1.82) is 0 Å². The Balaban J connectivity index is 1.39. The number of halogens is 2. The number of hydrogen-bond acceptors (Lipinski definition) is 6. The SMILES string of the molecule is O=C(c1nc(N2CCCC2)ncc1Cl)N1CCN(Cc2ccc(Br)s2)CC1. The van der Waals surface area contributed by atoms with Gasteiger partial charge in [-0.3, -0.25) is 9.69 Å². The van der Waals surface area contributed by atoms with Gasteiger partial charge in [-0.1, -0.05) is 11.6 Å². The van der Waals surface area contributed by atoms with E-state index in [0.29, 0.717) is 29.8 Å². The van der Waals surface area contributed by atoms with Crippen molar-refractivity contribution in [3.63, 3.8) is 0 Å². The Bertz CT molecular complexity index is 818. The Morgan fingerprint density at radius 3 is 2.56 bits per heavy atom. The smallest absolute Gasteiger partial charge is 0.274 e. The van der Waals surface area contributed by atoms with Crippen molar-refractivity contribution in [2.45, 2.75) is 19.4 Å². The van der Waals surface area contributed by atoms with E-state index in [1.807, 2.05) is 4.90 Å². The molecule has 0 N–H and O–H groups in total. The highest BCUT2D eigenvalue weighted by atomic mass is 79.9. The molecular formula is C18H21BrClN5OS. The van der Waals surface area contributed by atoms with Crippen molar-refractivity contribution in [2.75, 3.05) is 44.2 Å². The maximum atomic E-state index is 13.0. The molecule has 2 aromatic heterocycles. The molecular weight excluding hydrogens is 450 g/mol. The van der Waals surface area contributed by atoms with Crippen LogP contribution in [0.1, 0.15) is 28.2 Å². The summed E-state index contributed by atoms with van der Waals surface area (Å²) < 4.78 is 1.15. The van der Waals surface area contributed by atoms with Crippen molar-refractivity contribution < 1.29 is 4.79 Å². The molecule has 2 fully saturated rings. The summed E-state index contributed by atoms with van der Waals surface area (Å²) in [6, 6.07) is 4.22. The molecule has 6 nitrogen and oxygen atoms in total. The van der Waals surface area contributed by atoms with Crippen LogP contribution >= 0.6 is 38.9 Å². The molecule has 0 saturated carbocycles. The van der Waals surface area contributed by atoms with Gasteiger partial charge >= 0.3 is 0 Å². The van der Waals surface area contributed by atoms with E-state index in [-0.39, 0.29) is 5.91 Å². The fourth-order valence-corrected chi connectivity index (χ4v) is 5.19. The predicted molar refractivity (Wildman–Crippen MR) is 112 cm³/mol. The van der Waals surface area contributed by atoms with E-state index < -0.39 is 0 Å². The number of amides is 1. The number of piperazine rings is 1. The Hall–Kier alpha value is -1.22. The largest absolute Gasteiger partial charge is 0.341 e. The number of carbonyl (C=O) groups excluding carboxylic acids is 1. The highest BCUT2D eigenvalue weighted by Gasteiger charge is 2.26. The highest BCUT2D eigenvalue weighted by Crippen LogP contribution is 2.24. The molecule has 2 saturated heterocycles. The summed E-state index contributed by atoms with van der Waals surface area (Å²) >= 11 is 11.5. The lowest BCUT2D eigenvalue weighted by molar-refractivity contribution is 0.0624. The van der Waals surface area contributed by atoms with Crippen molar-refractivity contribution in [3.8, 4) is 0 Å². The number of hydrogen-bond donors (Lipinski definition) is 0. The fraction of sp³-hybridized carbons (Fsp3) is 0.500. The summed E-state index contributed by atoms with van der Waals surface area (Å²) in [5.74, 6) is 0.517. The van der Waals surface area contributed by atoms with Crippen LogP contribution < -0.4 is 4.90 Å². The molecule has 2 aliphatic heterocycles. The zero-order valence-corrected chi connectivity index (χ0v) is 18.1. The normalized spacial score (nSPS) is 18.3. The molecule has 2 aliphatic rings. The lowest BCUT2D eigenvalue weighted by Gasteiger charge is -2.34. The van der Waals surface area contributed by atoms with E-state index in [4.69, 9.17) is 11.6 Å². The van der Waals surface area contributed by atoms with Gasteiger partial charge in [0.15, 0.2) is 5.69 Å². The van der Waals surface area contributed by atoms with Crippen LogP contribution in [0.4, 0.5) is 5.95 Å². The lowest BCUT2D eigenvalue weighted by Crippen LogP contribution is -2.48. The molecule has 0 aromatic carbocycles. The second-order valence-electron chi connectivity index (χ2n) is 6.83. The van der Waals surface area contributed by atoms with E-state index in [0.717, 1.165) is 49.4 Å². The number of thiophene rings is 1. The number of carbonyl (C=O) groups is 1. The maximum absolute atomic E-state index is 13.0. The van der Waals surface area contributed by atoms with Crippen LogP contribution in [0.15, 0.2) is 22.1 Å². The Morgan fingerprint density at radius 1 is 1.15 bits per heavy atom. The van der Waals surface area contributed by atoms with Crippen LogP contribution in [0.2, 0.25) is 5.02 Å². The third-order valence-electron chi connectivity index (χ3n) is 4.99. The third kappa shape index (κ3) is 4.45. The van der Waals surface area contributed by atoms with Crippen molar-refractivity contribution in [2.24, 2.45) is 0 Å². The van der Waals surface area contributed by atoms with Crippen LogP contribution in [-0.4, -0.2) is 64.9 Å². The molecule has 0 atom stereocenters. The summed E-state index contributed by atoms with van der Waals surface area (Å²) in [4.78, 5) is 29.4. The van der Waals surface area contributed by atoms with Crippen LogP contribution in [0.5, 0.6) is 0 Å². The molecule has 2 aromatic rings. The number of aromatic nitrogens is 2. The summed E-state index contributed by atoms with van der Waals surface area (Å²) in [5, 5.41) is 0.328. The number of rotatable bonds is 4. The molecule has 1 amide bonds. The summed E-state index contributed by atoms with van der Waals surface area (Å²) in [6.07, 6.45) is 3.83. The first-order chi connectivity index (χ1) is 13.1. The molecule has 0 bridgehead atoms. The first kappa shape index (κ1) is 19.1. The maximum Gasteiger partial charge on any atom is 0.274 e. The van der Waals surface area contributed by atoms with Crippen LogP contribution in [0.3, 0.4) is 0 Å². The number of nitrogens with zero attached hydrogens (tertiary/aromatic N) is 5. The topological polar surface area (TPSA) is 52.6 Å². The highest BCUT2D eigenvalue weighted by molar-refractivity contribution is 9.11. The summed E-state index contributed by atoms with van der Waals surface area (Å²) in [5.41, 5.74) is 0.323. The van der Waals surface area contributed by atoms with Gasteiger partial charge < -0.3 is 9.80 Å². The summed E-state index contributed by atoms with van der Waals surface area (Å²) in [6.45, 7) is 5.87. The quantitative estimate of drug-likeness (QED) is 0.684. The Labute approximate surface area is 176 Å². The Morgan fingerprint density at radius 2 is 1.89 bits per heavy atom. The van der Waals surface area contributed by atoms with Crippen molar-refractivity contribution in [3.05, 3.63) is 37.7 Å². The minimum Gasteiger partial charge on any atom is -0.341 e. The van der Waals surface area contributed by atoms with E-state index in [1.54, 1.807) is 17.5 Å². The van der Waals surface area contributed by atoms with Gasteiger partial charge in [0.05, 0.1) is 15.0 Å². The minimum atomic E-state index is -0.0960. The molecule has 9 heteroatoms. The second-order valence-corrected chi connectivity index (χ2v) is 9.79. The van der Waals surface area contributed by atoms with Gasteiger partial charge in [0.25, 0.3) is 5.91 Å². The van der Waals surface area contributed by atoms with E-state index >= 15 is 0 Å². The number of anilines is 1. The minimum absolute atomic E-state index is 0.0960. The third-order valence-corrected chi connectivity index (χ3v) is 6.88. The average Bonchev–Trinajstić information content (AvgIpc) is 3.34. The van der Waals surface area contributed by atoms with Crippen molar-refractivity contribution in [1.82, 2.24) is 19.8 Å². The first-order valence-electron chi connectivity index (χ1n) is 9.13. The van der Waals surface area contributed by atoms with Crippen molar-refractivity contribution >= 4 is 50.7 Å². The predicted octanol–water partition coefficient (Wildman–Crippen LogP) is 3.51. The van der Waals surface area contributed by atoms with E-state index in [9.17, 15) is 4.79 Å². The van der Waals surface area contributed by atoms with Gasteiger partial charge in [-0.05, 0) is 40.9 Å². The summed E-state index contributed by atoms with van der Waals surface area (Å²) in [7, 11) is 0. The molecule has 0 spiro atoms. The second kappa shape index (κ2) is 8.43. The molecule has 4 heterocycles. The van der Waals surface area contributed by atoms with Gasteiger partial charge in [-0.25, -0.2) is 9.97 Å². The van der Waals surface area contributed by atoms with Crippen LogP contribution in [0.25, 0.3) is 0 Å². The molecule has 144 valence electrons. The van der Waals surface area contributed by atoms with Gasteiger partial charge in [0.2, 0.25) is 5.95 Å². The zero-order chi connectivity index (χ0) is 18.8. The van der Waals surface area contributed by atoms with Gasteiger partial charge in [-0.2, -0.15) is 0 Å². The lowest BCUT2D eigenvalue weighted by atomic mass is 10.2. The van der Waals surface area contributed by atoms with E-state index in [1.165, 1.54) is 4.88 Å². The molecule has 0 unspecified atom stereocenters. The van der Waals surface area contributed by atoms with Gasteiger partial charge in [0, 0.05) is 50.7 Å². The molecule has 27 heavy (non-hydrogen) atoms. The van der Waals surface area contributed by atoms with Crippen LogP contribution in [-0.2, 0) is 6.54 Å².